The third kappa shape index (κ3) is 2.71. The zero-order valence-corrected chi connectivity index (χ0v) is 12.2. The maximum atomic E-state index is 11.9. The van der Waals surface area contributed by atoms with Crippen LogP contribution < -0.4 is 25.5 Å². The first-order valence-corrected chi connectivity index (χ1v) is 6.37. The van der Waals surface area contributed by atoms with Gasteiger partial charge in [-0.3, -0.25) is 4.79 Å². The quantitative estimate of drug-likeness (QED) is 0.872. The lowest BCUT2D eigenvalue weighted by Crippen LogP contribution is -2.16. The Morgan fingerprint density at radius 2 is 1.71 bits per heavy atom. The molecule has 0 aliphatic rings. The summed E-state index contributed by atoms with van der Waals surface area (Å²) in [5.74, 6) is 1.52. The second kappa shape index (κ2) is 6.32. The number of methoxy groups -OCH3 is 3. The molecule has 0 bridgehead atoms. The van der Waals surface area contributed by atoms with Crippen LogP contribution in [0.2, 0.25) is 0 Å². The van der Waals surface area contributed by atoms with E-state index in [0.717, 1.165) is 0 Å². The van der Waals surface area contributed by atoms with Crippen molar-refractivity contribution in [1.29, 1.82) is 0 Å². The number of aromatic amines is 1. The summed E-state index contributed by atoms with van der Waals surface area (Å²) >= 11 is 0. The van der Waals surface area contributed by atoms with Crippen LogP contribution in [0, 0.1) is 0 Å². The van der Waals surface area contributed by atoms with Gasteiger partial charge in [0.2, 0.25) is 5.75 Å². The molecule has 6 heteroatoms. The van der Waals surface area contributed by atoms with Gasteiger partial charge in [0.05, 0.1) is 27.0 Å². The first-order valence-electron chi connectivity index (χ1n) is 6.37. The van der Waals surface area contributed by atoms with E-state index in [0.29, 0.717) is 34.1 Å². The molecule has 0 unspecified atom stereocenters. The van der Waals surface area contributed by atoms with Gasteiger partial charge < -0.3 is 24.9 Å². The number of nitrogens with two attached hydrogens (primary N) is 1. The summed E-state index contributed by atoms with van der Waals surface area (Å²) in [4.78, 5) is 14.7. The minimum absolute atomic E-state index is 0.193. The average Bonchev–Trinajstić information content (AvgIpc) is 2.52. The molecular formula is C15H18N2O4. The summed E-state index contributed by atoms with van der Waals surface area (Å²) in [7, 11) is 4.62. The normalized spacial score (nSPS) is 10.3. The molecular weight excluding hydrogens is 272 g/mol. The topological polar surface area (TPSA) is 86.6 Å². The maximum absolute atomic E-state index is 11.9. The third-order valence-corrected chi connectivity index (χ3v) is 3.21. The molecule has 2 rings (SSSR count). The fraction of sp³-hybridized carbons (Fsp3) is 0.267. The molecule has 0 atom stereocenters. The molecule has 0 amide bonds. The van der Waals surface area contributed by atoms with E-state index in [1.54, 1.807) is 31.4 Å². The molecule has 0 spiro atoms. The van der Waals surface area contributed by atoms with Crippen LogP contribution in [0.1, 0.15) is 5.56 Å². The molecule has 3 N–H and O–H groups in total. The molecule has 1 heterocycles. The Hall–Kier alpha value is -2.47. The van der Waals surface area contributed by atoms with Crippen molar-refractivity contribution < 1.29 is 14.2 Å². The molecule has 0 fully saturated rings. The number of rotatable bonds is 5. The van der Waals surface area contributed by atoms with Gasteiger partial charge >= 0.3 is 0 Å². The van der Waals surface area contributed by atoms with E-state index in [4.69, 9.17) is 19.9 Å². The number of aromatic nitrogens is 1. The summed E-state index contributed by atoms with van der Waals surface area (Å²) in [5, 5.41) is 0. The van der Waals surface area contributed by atoms with Crippen LogP contribution >= 0.6 is 0 Å². The van der Waals surface area contributed by atoms with Crippen molar-refractivity contribution in [3.63, 3.8) is 0 Å². The van der Waals surface area contributed by atoms with Gasteiger partial charge in [0.25, 0.3) is 5.56 Å². The van der Waals surface area contributed by atoms with Crippen LogP contribution in [0.5, 0.6) is 17.2 Å². The minimum atomic E-state index is -0.216. The Balaban J connectivity index is 2.63. The molecule has 0 saturated heterocycles. The third-order valence-electron chi connectivity index (χ3n) is 3.21. The molecule has 0 radical (unpaired) electrons. The largest absolute Gasteiger partial charge is 0.493 e. The van der Waals surface area contributed by atoms with E-state index in [1.807, 2.05) is 0 Å². The summed E-state index contributed by atoms with van der Waals surface area (Å²) < 4.78 is 16.0. The Morgan fingerprint density at radius 1 is 1.00 bits per heavy atom. The van der Waals surface area contributed by atoms with Crippen molar-refractivity contribution in [3.05, 3.63) is 40.2 Å². The minimum Gasteiger partial charge on any atom is -0.493 e. The number of pyridine rings is 1. The summed E-state index contributed by atoms with van der Waals surface area (Å²) in [6.45, 7) is 0.193. The van der Waals surface area contributed by atoms with Crippen molar-refractivity contribution >= 4 is 0 Å². The molecule has 0 aliphatic carbocycles. The SMILES string of the molecule is COc1ccc(-c2ccc(CN)c(=O)[nH]2)c(OC)c1OC. The maximum Gasteiger partial charge on any atom is 0.252 e. The number of hydrogen-bond donors (Lipinski definition) is 2. The number of ether oxygens (including phenoxy) is 3. The smallest absolute Gasteiger partial charge is 0.252 e. The monoisotopic (exact) mass is 290 g/mol. The standard InChI is InChI=1S/C15H18N2O4/c1-19-12-7-5-10(13(20-2)14(12)21-3)11-6-4-9(8-16)15(18)17-11/h4-7H,8,16H2,1-3H3,(H,17,18). The number of nitrogens with one attached hydrogen (secondary N) is 1. The van der Waals surface area contributed by atoms with Gasteiger partial charge in [0, 0.05) is 17.7 Å². The Labute approximate surface area is 122 Å². The predicted octanol–water partition coefficient (Wildman–Crippen LogP) is 1.53. The lowest BCUT2D eigenvalue weighted by atomic mass is 10.1. The summed E-state index contributed by atoms with van der Waals surface area (Å²) in [6.07, 6.45) is 0. The highest BCUT2D eigenvalue weighted by atomic mass is 16.5. The van der Waals surface area contributed by atoms with E-state index >= 15 is 0 Å². The van der Waals surface area contributed by atoms with Crippen LogP contribution in [0.15, 0.2) is 29.1 Å². The van der Waals surface area contributed by atoms with Crippen molar-refractivity contribution in [3.8, 4) is 28.5 Å². The Bertz CT molecular complexity index is 695. The summed E-state index contributed by atoms with van der Waals surface area (Å²) in [5.41, 5.74) is 7.13. The van der Waals surface area contributed by atoms with Crippen molar-refractivity contribution in [2.24, 2.45) is 5.73 Å². The fourth-order valence-corrected chi connectivity index (χ4v) is 2.14. The summed E-state index contributed by atoms with van der Waals surface area (Å²) in [6, 6.07) is 7.04. The van der Waals surface area contributed by atoms with Gasteiger partial charge in [0.15, 0.2) is 11.5 Å². The van der Waals surface area contributed by atoms with E-state index in [-0.39, 0.29) is 12.1 Å². The highest BCUT2D eigenvalue weighted by Gasteiger charge is 2.17. The number of H-pyrrole nitrogens is 1. The van der Waals surface area contributed by atoms with Gasteiger partial charge in [-0.15, -0.1) is 0 Å². The van der Waals surface area contributed by atoms with Crippen LogP contribution in [-0.4, -0.2) is 26.3 Å². The molecule has 21 heavy (non-hydrogen) atoms. The van der Waals surface area contributed by atoms with Crippen molar-refractivity contribution in [2.75, 3.05) is 21.3 Å². The highest BCUT2D eigenvalue weighted by Crippen LogP contribution is 2.43. The Kier molecular flexibility index (Phi) is 4.49. The van der Waals surface area contributed by atoms with Gasteiger partial charge in [0.1, 0.15) is 0 Å². The van der Waals surface area contributed by atoms with E-state index < -0.39 is 0 Å². The van der Waals surface area contributed by atoms with E-state index in [9.17, 15) is 4.79 Å². The van der Waals surface area contributed by atoms with Crippen LogP contribution in [0.4, 0.5) is 0 Å². The van der Waals surface area contributed by atoms with Crippen molar-refractivity contribution in [1.82, 2.24) is 4.98 Å². The Morgan fingerprint density at radius 3 is 2.24 bits per heavy atom. The van der Waals surface area contributed by atoms with Gasteiger partial charge in [-0.2, -0.15) is 0 Å². The lowest BCUT2D eigenvalue weighted by molar-refractivity contribution is 0.325. The van der Waals surface area contributed by atoms with Crippen molar-refractivity contribution in [2.45, 2.75) is 6.54 Å². The zero-order chi connectivity index (χ0) is 15.4. The second-order valence-electron chi connectivity index (χ2n) is 4.31. The van der Waals surface area contributed by atoms with Gasteiger partial charge in [-0.25, -0.2) is 0 Å². The van der Waals surface area contributed by atoms with Gasteiger partial charge in [-0.1, -0.05) is 6.07 Å². The number of benzene rings is 1. The van der Waals surface area contributed by atoms with E-state index in [2.05, 4.69) is 4.98 Å². The molecule has 2 aromatic rings. The first-order chi connectivity index (χ1) is 10.2. The van der Waals surface area contributed by atoms with Crippen LogP contribution in [-0.2, 0) is 6.54 Å². The molecule has 1 aromatic carbocycles. The molecule has 1 aromatic heterocycles. The van der Waals surface area contributed by atoms with Crippen LogP contribution in [0.3, 0.4) is 0 Å². The highest BCUT2D eigenvalue weighted by molar-refractivity contribution is 5.74. The van der Waals surface area contributed by atoms with E-state index in [1.165, 1.54) is 14.2 Å². The first kappa shape index (κ1) is 14.9. The molecule has 6 nitrogen and oxygen atoms in total. The molecule has 0 saturated carbocycles. The fourth-order valence-electron chi connectivity index (χ4n) is 2.14. The number of hydrogen-bond acceptors (Lipinski definition) is 5. The van der Waals surface area contributed by atoms with Crippen LogP contribution in [0.25, 0.3) is 11.3 Å². The average molecular weight is 290 g/mol. The van der Waals surface area contributed by atoms with Gasteiger partial charge in [-0.05, 0) is 18.2 Å². The molecule has 112 valence electrons. The lowest BCUT2D eigenvalue weighted by Gasteiger charge is -2.15. The second-order valence-corrected chi connectivity index (χ2v) is 4.31. The molecule has 0 aliphatic heterocycles. The zero-order valence-electron chi connectivity index (χ0n) is 12.2. The predicted molar refractivity (Wildman–Crippen MR) is 80.0 cm³/mol.